The van der Waals surface area contributed by atoms with Crippen molar-refractivity contribution in [2.75, 3.05) is 27.7 Å². The van der Waals surface area contributed by atoms with Crippen LogP contribution in [0.5, 0.6) is 0 Å². The molecule has 1 saturated carbocycles. The molecule has 0 bridgehead atoms. The third-order valence-electron chi connectivity index (χ3n) is 6.72. The van der Waals surface area contributed by atoms with Gasteiger partial charge in [-0.3, -0.25) is 9.69 Å². The number of benzene rings is 2. The lowest BCUT2D eigenvalue weighted by Gasteiger charge is -2.33. The molecule has 2 aromatic rings. The van der Waals surface area contributed by atoms with Crippen molar-refractivity contribution < 1.29 is 40.3 Å². The number of hydrogen-bond acceptors (Lipinski definition) is 3. The summed E-state index contributed by atoms with van der Waals surface area (Å²) in [6.07, 6.45) is -10.6. The molecule has 0 N–H and O–H groups in total. The average Bonchev–Trinajstić information content (AvgIpc) is 3.21. The molecule has 1 amide bonds. The van der Waals surface area contributed by atoms with Gasteiger partial charge in [0.15, 0.2) is 0 Å². The van der Waals surface area contributed by atoms with Gasteiger partial charge in [-0.25, -0.2) is 4.39 Å². The van der Waals surface area contributed by atoms with Crippen LogP contribution in [0, 0.1) is 5.82 Å². The summed E-state index contributed by atoms with van der Waals surface area (Å²) < 4.78 is 99.8. The summed E-state index contributed by atoms with van der Waals surface area (Å²) in [6, 6.07) is 6.90. The SMILES string of the molecule is CC(OC1CCC(N(C)CC(=O)N(C)C)C1c1ccc(F)cc1)c1cc(C(F)(F)F)cc(C(F)(F)F)c1. The predicted octanol–water partition coefficient (Wildman–Crippen LogP) is 6.28. The van der Waals surface area contributed by atoms with Crippen LogP contribution in [0.3, 0.4) is 0 Å². The highest BCUT2D eigenvalue weighted by Gasteiger charge is 2.42. The smallest absolute Gasteiger partial charge is 0.370 e. The summed E-state index contributed by atoms with van der Waals surface area (Å²) in [4.78, 5) is 15.6. The monoisotopic (exact) mass is 534 g/mol. The van der Waals surface area contributed by atoms with E-state index in [0.717, 1.165) is 0 Å². The number of carbonyl (C=O) groups is 1. The van der Waals surface area contributed by atoms with Crippen LogP contribution in [0.25, 0.3) is 0 Å². The highest BCUT2D eigenvalue weighted by molar-refractivity contribution is 5.77. The molecular weight excluding hydrogens is 505 g/mol. The molecule has 11 heteroatoms. The summed E-state index contributed by atoms with van der Waals surface area (Å²) in [6.45, 7) is 1.50. The first kappa shape index (κ1) is 28.9. The van der Waals surface area contributed by atoms with Gasteiger partial charge in [0.05, 0.1) is 29.9 Å². The van der Waals surface area contributed by atoms with E-state index in [1.54, 1.807) is 33.3 Å². The molecule has 0 spiro atoms. The van der Waals surface area contributed by atoms with Gasteiger partial charge in [-0.2, -0.15) is 26.3 Å². The van der Waals surface area contributed by atoms with Crippen molar-refractivity contribution in [3.8, 4) is 0 Å². The molecule has 0 heterocycles. The van der Waals surface area contributed by atoms with E-state index >= 15 is 0 Å². The molecule has 2 aromatic carbocycles. The molecule has 0 radical (unpaired) electrons. The Kier molecular flexibility index (Phi) is 8.58. The van der Waals surface area contributed by atoms with E-state index in [1.807, 2.05) is 4.90 Å². The van der Waals surface area contributed by atoms with Crippen molar-refractivity contribution >= 4 is 5.91 Å². The van der Waals surface area contributed by atoms with Crippen molar-refractivity contribution in [2.24, 2.45) is 0 Å². The number of alkyl halides is 6. The van der Waals surface area contributed by atoms with Crippen LogP contribution in [-0.4, -0.2) is 55.5 Å². The van der Waals surface area contributed by atoms with E-state index in [4.69, 9.17) is 4.74 Å². The largest absolute Gasteiger partial charge is 0.416 e. The van der Waals surface area contributed by atoms with Gasteiger partial charge in [-0.05, 0) is 68.3 Å². The number of likely N-dealkylation sites (N-methyl/N-ethyl adjacent to an activating group) is 2. The standard InChI is InChI=1S/C26H29F7N2O2/c1-15(17-11-18(25(28,29)30)13-19(12-17)26(31,32)33)37-22-10-9-21(35(4)14-23(36)34(2)3)24(22)16-5-7-20(27)8-6-16/h5-8,11-13,15,21-22,24H,9-10,14H2,1-4H3. The quantitative estimate of drug-likeness (QED) is 0.393. The zero-order chi connectivity index (χ0) is 27.7. The van der Waals surface area contributed by atoms with Crippen LogP contribution < -0.4 is 0 Å². The Morgan fingerprint density at radius 3 is 1.97 bits per heavy atom. The average molecular weight is 535 g/mol. The first-order chi connectivity index (χ1) is 17.1. The van der Waals surface area contributed by atoms with Gasteiger partial charge in [0.2, 0.25) is 5.91 Å². The maximum absolute atomic E-state index is 13.6. The fourth-order valence-electron chi connectivity index (χ4n) is 4.74. The van der Waals surface area contributed by atoms with Gasteiger partial charge in [0.25, 0.3) is 0 Å². The van der Waals surface area contributed by atoms with E-state index in [0.29, 0.717) is 30.5 Å². The minimum absolute atomic E-state index is 0.0832. The second-order valence-corrected chi connectivity index (χ2v) is 9.58. The van der Waals surface area contributed by atoms with E-state index < -0.39 is 47.4 Å². The number of rotatable bonds is 7. The third-order valence-corrected chi connectivity index (χ3v) is 6.72. The van der Waals surface area contributed by atoms with Crippen LogP contribution in [0.4, 0.5) is 30.7 Å². The van der Waals surface area contributed by atoms with Gasteiger partial charge in [0, 0.05) is 26.1 Å². The molecule has 0 aliphatic heterocycles. The van der Waals surface area contributed by atoms with E-state index in [2.05, 4.69) is 0 Å². The Morgan fingerprint density at radius 2 is 1.49 bits per heavy atom. The summed E-state index contributed by atoms with van der Waals surface area (Å²) in [5.41, 5.74) is -2.37. The Morgan fingerprint density at radius 1 is 0.946 bits per heavy atom. The second kappa shape index (κ2) is 11.0. The minimum Gasteiger partial charge on any atom is -0.370 e. The molecule has 1 aliphatic carbocycles. The van der Waals surface area contributed by atoms with Crippen molar-refractivity contribution in [3.05, 3.63) is 70.5 Å². The number of amides is 1. The number of carbonyl (C=O) groups excluding carboxylic acids is 1. The molecule has 3 rings (SSSR count). The van der Waals surface area contributed by atoms with Gasteiger partial charge in [0.1, 0.15) is 5.82 Å². The summed E-state index contributed by atoms with van der Waals surface area (Å²) in [5, 5.41) is 0. The molecule has 4 atom stereocenters. The van der Waals surface area contributed by atoms with Gasteiger partial charge in [-0.1, -0.05) is 12.1 Å². The van der Waals surface area contributed by atoms with Crippen LogP contribution in [0.15, 0.2) is 42.5 Å². The van der Waals surface area contributed by atoms with Crippen molar-refractivity contribution in [1.29, 1.82) is 0 Å². The lowest BCUT2D eigenvalue weighted by molar-refractivity contribution is -0.143. The minimum atomic E-state index is -4.97. The maximum Gasteiger partial charge on any atom is 0.416 e. The number of nitrogens with zero attached hydrogens (tertiary/aromatic N) is 2. The molecule has 1 fully saturated rings. The number of ether oxygens (including phenoxy) is 1. The summed E-state index contributed by atoms with van der Waals surface area (Å²) >= 11 is 0. The first-order valence-corrected chi connectivity index (χ1v) is 11.7. The van der Waals surface area contributed by atoms with Crippen molar-refractivity contribution in [2.45, 2.75) is 56.3 Å². The molecular formula is C26H29F7N2O2. The van der Waals surface area contributed by atoms with E-state index in [9.17, 15) is 35.5 Å². The number of hydrogen-bond donors (Lipinski definition) is 0. The molecule has 4 unspecified atom stereocenters. The first-order valence-electron chi connectivity index (χ1n) is 11.7. The summed E-state index contributed by atoms with van der Waals surface area (Å²) in [7, 11) is 5.01. The lowest BCUT2D eigenvalue weighted by Crippen LogP contribution is -2.42. The fourth-order valence-corrected chi connectivity index (χ4v) is 4.74. The van der Waals surface area contributed by atoms with Crippen LogP contribution >= 0.6 is 0 Å². The zero-order valence-electron chi connectivity index (χ0n) is 20.8. The Bertz CT molecular complexity index is 1050. The Labute approximate surface area is 211 Å². The topological polar surface area (TPSA) is 32.8 Å². The fraction of sp³-hybridized carbons (Fsp3) is 0.500. The highest BCUT2D eigenvalue weighted by Crippen LogP contribution is 2.43. The van der Waals surface area contributed by atoms with E-state index in [1.165, 1.54) is 24.0 Å². The zero-order valence-corrected chi connectivity index (χ0v) is 20.8. The van der Waals surface area contributed by atoms with Gasteiger partial charge < -0.3 is 9.64 Å². The van der Waals surface area contributed by atoms with Crippen molar-refractivity contribution in [3.63, 3.8) is 0 Å². The molecule has 0 aromatic heterocycles. The highest BCUT2D eigenvalue weighted by atomic mass is 19.4. The van der Waals surface area contributed by atoms with E-state index in [-0.39, 0.29) is 30.1 Å². The normalized spacial score (nSPS) is 21.4. The molecule has 0 saturated heterocycles. The molecule has 1 aliphatic rings. The maximum atomic E-state index is 13.6. The molecule has 204 valence electrons. The molecule has 4 nitrogen and oxygen atoms in total. The van der Waals surface area contributed by atoms with Crippen LogP contribution in [0.1, 0.15) is 54.0 Å². The van der Waals surface area contributed by atoms with Crippen molar-refractivity contribution in [1.82, 2.24) is 9.80 Å². The molecule has 37 heavy (non-hydrogen) atoms. The Hall–Kier alpha value is -2.66. The third kappa shape index (κ3) is 7.01. The number of halogens is 7. The van der Waals surface area contributed by atoms with Gasteiger partial charge in [-0.15, -0.1) is 0 Å². The second-order valence-electron chi connectivity index (χ2n) is 9.58. The van der Waals surface area contributed by atoms with Crippen LogP contribution in [0.2, 0.25) is 0 Å². The lowest BCUT2D eigenvalue weighted by atomic mass is 9.91. The Balaban J connectivity index is 1.93. The van der Waals surface area contributed by atoms with Gasteiger partial charge >= 0.3 is 12.4 Å². The predicted molar refractivity (Wildman–Crippen MR) is 123 cm³/mol. The summed E-state index contributed by atoms with van der Waals surface area (Å²) in [5.74, 6) is -0.985. The van der Waals surface area contributed by atoms with Crippen LogP contribution in [-0.2, 0) is 21.9 Å².